The number of nitrogens with zero attached hydrogens (tertiary/aromatic N) is 5. The van der Waals surface area contributed by atoms with Gasteiger partial charge in [0.2, 0.25) is 0 Å². The number of hydrogen-bond acceptors (Lipinski definition) is 4. The molecule has 31 heavy (non-hydrogen) atoms. The number of fused-ring (bicyclic) bond motifs is 2. The second-order valence-corrected chi connectivity index (χ2v) is 8.14. The summed E-state index contributed by atoms with van der Waals surface area (Å²) in [5.41, 5.74) is 4.13. The summed E-state index contributed by atoms with van der Waals surface area (Å²) in [6.07, 6.45) is 1.29. The fourth-order valence-electron chi connectivity index (χ4n) is 4.24. The van der Waals surface area contributed by atoms with Crippen molar-refractivity contribution in [2.75, 3.05) is 25.0 Å². The molecule has 0 saturated carbocycles. The second-order valence-electron chi connectivity index (χ2n) is 7.70. The van der Waals surface area contributed by atoms with Gasteiger partial charge in [0.05, 0.1) is 5.69 Å². The molecule has 2 aromatic carbocycles. The molecule has 0 unspecified atom stereocenters. The first-order valence-corrected chi connectivity index (χ1v) is 10.3. The monoisotopic (exact) mass is 431 g/mol. The molecule has 3 heterocycles. The van der Waals surface area contributed by atoms with Crippen molar-refractivity contribution in [3.63, 3.8) is 0 Å². The summed E-state index contributed by atoms with van der Waals surface area (Å²) in [5.74, 6) is -0.296. The third-order valence-electron chi connectivity index (χ3n) is 5.87. The number of benzene rings is 2. The first-order chi connectivity index (χ1) is 15.0. The standard InChI is InChI=1S/C23H18ClN5O2/c1-27-9-7-14-5-6-16(12-19(14)22(27)30)28-10-8-18-20(13-25)26-29(21(18)23(28)31)17-4-2-3-15(24)11-17/h2-6,11-12H,7-10H2,1H3. The first-order valence-electron chi connectivity index (χ1n) is 9.96. The maximum atomic E-state index is 13.6. The van der Waals surface area contributed by atoms with Crippen LogP contribution in [-0.2, 0) is 12.8 Å². The van der Waals surface area contributed by atoms with Crippen molar-refractivity contribution in [3.05, 3.63) is 75.6 Å². The largest absolute Gasteiger partial charge is 0.341 e. The minimum Gasteiger partial charge on any atom is -0.341 e. The number of likely N-dealkylation sites (N-methyl/N-ethyl adjacent to an activating group) is 1. The SMILES string of the molecule is CN1CCc2ccc(N3CCc4c(C#N)nn(-c5cccc(Cl)c5)c4C3=O)cc2C1=O. The Morgan fingerprint density at radius 2 is 1.87 bits per heavy atom. The summed E-state index contributed by atoms with van der Waals surface area (Å²) in [7, 11) is 1.78. The molecular weight excluding hydrogens is 414 g/mol. The number of aromatic nitrogens is 2. The van der Waals surface area contributed by atoms with Crippen LogP contribution in [0.25, 0.3) is 5.69 Å². The Bertz CT molecular complexity index is 1290. The molecule has 0 saturated heterocycles. The Balaban J connectivity index is 1.59. The van der Waals surface area contributed by atoms with Crippen molar-refractivity contribution in [1.29, 1.82) is 5.26 Å². The van der Waals surface area contributed by atoms with E-state index in [0.29, 0.717) is 52.7 Å². The van der Waals surface area contributed by atoms with Crippen LogP contribution in [-0.4, -0.2) is 46.6 Å². The molecule has 0 N–H and O–H groups in total. The number of anilines is 1. The maximum Gasteiger partial charge on any atom is 0.277 e. The smallest absolute Gasteiger partial charge is 0.277 e. The van der Waals surface area contributed by atoms with Crippen LogP contribution in [0.4, 0.5) is 5.69 Å². The van der Waals surface area contributed by atoms with E-state index >= 15 is 0 Å². The van der Waals surface area contributed by atoms with Crippen LogP contribution in [0.3, 0.4) is 0 Å². The molecule has 5 rings (SSSR count). The van der Waals surface area contributed by atoms with Crippen molar-refractivity contribution in [1.82, 2.24) is 14.7 Å². The molecule has 0 bridgehead atoms. The van der Waals surface area contributed by atoms with E-state index in [4.69, 9.17) is 11.6 Å². The highest BCUT2D eigenvalue weighted by Crippen LogP contribution is 2.31. The number of hydrogen-bond donors (Lipinski definition) is 0. The lowest BCUT2D eigenvalue weighted by atomic mass is 9.97. The molecule has 2 aliphatic heterocycles. The molecular formula is C23H18ClN5O2. The fraction of sp³-hybridized carbons (Fsp3) is 0.217. The van der Waals surface area contributed by atoms with Crippen LogP contribution in [0.1, 0.15) is 37.7 Å². The van der Waals surface area contributed by atoms with Crippen LogP contribution in [0.15, 0.2) is 42.5 Å². The predicted octanol–water partition coefficient (Wildman–Crippen LogP) is 3.23. The van der Waals surface area contributed by atoms with Gasteiger partial charge in [0, 0.05) is 42.0 Å². The van der Waals surface area contributed by atoms with Crippen molar-refractivity contribution in [3.8, 4) is 11.8 Å². The normalized spacial score (nSPS) is 15.5. The van der Waals surface area contributed by atoms with E-state index < -0.39 is 0 Å². The van der Waals surface area contributed by atoms with Gasteiger partial charge < -0.3 is 9.80 Å². The van der Waals surface area contributed by atoms with Gasteiger partial charge in [-0.2, -0.15) is 10.4 Å². The molecule has 2 amide bonds. The van der Waals surface area contributed by atoms with Gasteiger partial charge >= 0.3 is 0 Å². The lowest BCUT2D eigenvalue weighted by molar-refractivity contribution is 0.0780. The zero-order valence-electron chi connectivity index (χ0n) is 16.8. The Labute approximate surface area is 184 Å². The van der Waals surface area contributed by atoms with Gasteiger partial charge in [0.25, 0.3) is 11.8 Å². The third kappa shape index (κ3) is 3.07. The Morgan fingerprint density at radius 1 is 1.03 bits per heavy atom. The van der Waals surface area contributed by atoms with Crippen molar-refractivity contribution < 1.29 is 9.59 Å². The lowest BCUT2D eigenvalue weighted by Gasteiger charge is -2.30. The van der Waals surface area contributed by atoms with E-state index in [1.54, 1.807) is 47.2 Å². The average molecular weight is 432 g/mol. The van der Waals surface area contributed by atoms with E-state index in [1.807, 2.05) is 12.1 Å². The molecule has 0 fully saturated rings. The van der Waals surface area contributed by atoms with Crippen molar-refractivity contribution >= 4 is 29.1 Å². The summed E-state index contributed by atoms with van der Waals surface area (Å²) in [6.45, 7) is 1.09. The molecule has 8 heteroatoms. The van der Waals surface area contributed by atoms with Gasteiger partial charge in [-0.05, 0) is 48.7 Å². The Kier molecular flexibility index (Phi) is 4.53. The Hall–Kier alpha value is -3.63. The number of halogens is 1. The van der Waals surface area contributed by atoms with Gasteiger partial charge in [-0.25, -0.2) is 4.68 Å². The fourth-order valence-corrected chi connectivity index (χ4v) is 4.42. The van der Waals surface area contributed by atoms with Gasteiger partial charge in [-0.3, -0.25) is 9.59 Å². The average Bonchev–Trinajstić information content (AvgIpc) is 3.16. The summed E-state index contributed by atoms with van der Waals surface area (Å²) < 4.78 is 1.49. The molecule has 1 aromatic heterocycles. The van der Waals surface area contributed by atoms with E-state index in [2.05, 4.69) is 11.2 Å². The van der Waals surface area contributed by atoms with Gasteiger partial charge in [-0.15, -0.1) is 0 Å². The van der Waals surface area contributed by atoms with Crippen molar-refractivity contribution in [2.45, 2.75) is 12.8 Å². The molecule has 3 aromatic rings. The van der Waals surface area contributed by atoms with Crippen LogP contribution in [0, 0.1) is 11.3 Å². The number of rotatable bonds is 2. The Morgan fingerprint density at radius 3 is 2.65 bits per heavy atom. The minimum absolute atomic E-state index is 0.0380. The lowest BCUT2D eigenvalue weighted by Crippen LogP contribution is -2.39. The topological polar surface area (TPSA) is 82.2 Å². The van der Waals surface area contributed by atoms with Gasteiger partial charge in [0.15, 0.2) is 5.69 Å². The zero-order valence-corrected chi connectivity index (χ0v) is 17.6. The molecule has 7 nitrogen and oxygen atoms in total. The van der Waals surface area contributed by atoms with Crippen molar-refractivity contribution in [2.24, 2.45) is 0 Å². The predicted molar refractivity (Wildman–Crippen MR) is 116 cm³/mol. The van der Waals surface area contributed by atoms with Gasteiger partial charge in [0.1, 0.15) is 11.8 Å². The number of carbonyl (C=O) groups excluding carboxylic acids is 2. The highest BCUT2D eigenvalue weighted by atomic mass is 35.5. The third-order valence-corrected chi connectivity index (χ3v) is 6.11. The number of nitriles is 1. The van der Waals surface area contributed by atoms with E-state index in [-0.39, 0.29) is 17.5 Å². The minimum atomic E-state index is -0.258. The summed E-state index contributed by atoms with van der Waals surface area (Å²) in [5, 5.41) is 14.4. The molecule has 154 valence electrons. The molecule has 0 aliphatic carbocycles. The highest BCUT2D eigenvalue weighted by molar-refractivity contribution is 6.30. The van der Waals surface area contributed by atoms with Gasteiger partial charge in [-0.1, -0.05) is 23.7 Å². The second kappa shape index (κ2) is 7.25. The van der Waals surface area contributed by atoms with E-state index in [1.165, 1.54) is 4.68 Å². The summed E-state index contributed by atoms with van der Waals surface area (Å²) in [4.78, 5) is 29.5. The maximum absolute atomic E-state index is 13.6. The molecule has 0 atom stereocenters. The first kappa shape index (κ1) is 19.3. The summed E-state index contributed by atoms with van der Waals surface area (Å²) >= 11 is 6.14. The van der Waals surface area contributed by atoms with Crippen LogP contribution < -0.4 is 4.90 Å². The van der Waals surface area contributed by atoms with E-state index in [0.717, 1.165) is 12.0 Å². The summed E-state index contributed by atoms with van der Waals surface area (Å²) in [6, 6.07) is 14.7. The zero-order chi connectivity index (χ0) is 21.7. The van der Waals surface area contributed by atoms with Crippen LogP contribution >= 0.6 is 11.6 Å². The van der Waals surface area contributed by atoms with Crippen LogP contribution in [0.2, 0.25) is 5.02 Å². The molecule has 2 aliphatic rings. The molecule has 0 radical (unpaired) electrons. The number of carbonyl (C=O) groups is 2. The number of amides is 2. The van der Waals surface area contributed by atoms with E-state index in [9.17, 15) is 14.9 Å². The highest BCUT2D eigenvalue weighted by Gasteiger charge is 2.34. The quantitative estimate of drug-likeness (QED) is 0.623. The molecule has 0 spiro atoms. The van der Waals surface area contributed by atoms with Crippen LogP contribution in [0.5, 0.6) is 0 Å².